The third-order valence-electron chi connectivity index (χ3n) is 6.94. The Morgan fingerprint density at radius 2 is 1.70 bits per heavy atom. The van der Waals surface area contributed by atoms with Crippen LogP contribution in [0.2, 0.25) is 0 Å². The van der Waals surface area contributed by atoms with Crippen LogP contribution in [0, 0.1) is 17.1 Å². The van der Waals surface area contributed by atoms with Crippen molar-refractivity contribution in [1.29, 1.82) is 5.26 Å². The fourth-order valence-electron chi connectivity index (χ4n) is 4.80. The molecule has 44 heavy (non-hydrogen) atoms. The van der Waals surface area contributed by atoms with Crippen molar-refractivity contribution in [3.8, 4) is 28.5 Å². The summed E-state index contributed by atoms with van der Waals surface area (Å²) in [5, 5.41) is 14.7. The molecule has 2 aromatic heterocycles. The molecular weight excluding hydrogens is 576 g/mol. The van der Waals surface area contributed by atoms with Crippen LogP contribution >= 0.6 is 0 Å². The number of amides is 1. The first-order valence-corrected chi connectivity index (χ1v) is 13.4. The van der Waals surface area contributed by atoms with Crippen LogP contribution in [-0.2, 0) is 0 Å². The van der Waals surface area contributed by atoms with Gasteiger partial charge in [-0.25, -0.2) is 4.39 Å². The second kappa shape index (κ2) is 12.4. The van der Waals surface area contributed by atoms with E-state index in [4.69, 9.17) is 4.42 Å². The summed E-state index contributed by atoms with van der Waals surface area (Å²) in [5.74, 6) is -2.24. The Morgan fingerprint density at radius 3 is 2.36 bits per heavy atom. The standard InChI is InChI=1S/C33H24F4N4O3/c1-39-31(43)28-26-16-25(21-8-5-9-22(14-21)27(42)15-23(17-38)19-6-3-2-4-7-19)30(40-18-33(35,36)37)41-32(26)44-29(28)20-10-12-24(34)13-11-20/h2-14,16,23H,15,18H2,1H3,(H,39,43)(H,40,41). The number of fused-ring (bicyclic) bond motifs is 1. The molecule has 1 amide bonds. The van der Waals surface area contributed by atoms with Crippen molar-refractivity contribution in [3.63, 3.8) is 0 Å². The smallest absolute Gasteiger partial charge is 0.405 e. The predicted octanol–water partition coefficient (Wildman–Crippen LogP) is 7.51. The molecule has 11 heteroatoms. The second-order valence-corrected chi connectivity index (χ2v) is 9.90. The number of carbonyl (C=O) groups excluding carboxylic acids is 2. The van der Waals surface area contributed by atoms with E-state index in [0.29, 0.717) is 16.7 Å². The first-order valence-electron chi connectivity index (χ1n) is 13.4. The molecule has 0 bridgehead atoms. The summed E-state index contributed by atoms with van der Waals surface area (Å²) < 4.78 is 59.3. The highest BCUT2D eigenvalue weighted by Gasteiger charge is 2.29. The average molecular weight is 601 g/mol. The number of anilines is 1. The number of hydrogen-bond donors (Lipinski definition) is 2. The van der Waals surface area contributed by atoms with Gasteiger partial charge in [-0.1, -0.05) is 48.5 Å². The molecule has 0 saturated heterocycles. The SMILES string of the molecule is CNC(=O)c1c(-c2ccc(F)cc2)oc2nc(NCC(F)(F)F)c(-c3cccc(C(=O)CC(C#N)c4ccccc4)c3)cc12. The first-order chi connectivity index (χ1) is 21.1. The van der Waals surface area contributed by atoms with E-state index in [-0.39, 0.29) is 51.6 Å². The van der Waals surface area contributed by atoms with Crippen molar-refractivity contribution in [3.05, 3.63) is 107 Å². The van der Waals surface area contributed by atoms with E-state index >= 15 is 0 Å². The molecule has 1 atom stereocenters. The number of alkyl halides is 3. The zero-order chi connectivity index (χ0) is 31.4. The van der Waals surface area contributed by atoms with E-state index in [1.807, 2.05) is 0 Å². The molecule has 222 valence electrons. The molecule has 0 radical (unpaired) electrons. The summed E-state index contributed by atoms with van der Waals surface area (Å²) >= 11 is 0. The van der Waals surface area contributed by atoms with Gasteiger partial charge >= 0.3 is 6.18 Å². The van der Waals surface area contributed by atoms with Gasteiger partial charge < -0.3 is 15.1 Å². The van der Waals surface area contributed by atoms with Gasteiger partial charge in [0.05, 0.1) is 22.9 Å². The number of Topliss-reactive ketones (excluding diaryl/α,β-unsaturated/α-hetero) is 1. The molecule has 0 aliphatic carbocycles. The number of aromatic nitrogens is 1. The molecule has 2 N–H and O–H groups in total. The Hall–Kier alpha value is -5.50. The Balaban J connectivity index is 1.62. The first kappa shape index (κ1) is 30.0. The van der Waals surface area contributed by atoms with Gasteiger partial charge in [0.15, 0.2) is 5.78 Å². The van der Waals surface area contributed by atoms with Gasteiger partial charge in [0.25, 0.3) is 5.91 Å². The number of nitriles is 1. The Morgan fingerprint density at radius 1 is 0.977 bits per heavy atom. The zero-order valence-electron chi connectivity index (χ0n) is 23.2. The van der Waals surface area contributed by atoms with Crippen LogP contribution in [0.5, 0.6) is 0 Å². The number of pyridine rings is 1. The number of rotatable bonds is 9. The number of carbonyl (C=O) groups is 2. The number of benzene rings is 3. The highest BCUT2D eigenvalue weighted by atomic mass is 19.4. The lowest BCUT2D eigenvalue weighted by Crippen LogP contribution is -2.22. The van der Waals surface area contributed by atoms with Crippen LogP contribution in [0.25, 0.3) is 33.6 Å². The summed E-state index contributed by atoms with van der Waals surface area (Å²) in [7, 11) is 1.40. The molecule has 1 unspecified atom stereocenters. The van der Waals surface area contributed by atoms with E-state index in [1.54, 1.807) is 48.5 Å². The molecule has 2 heterocycles. The van der Waals surface area contributed by atoms with E-state index in [2.05, 4.69) is 21.7 Å². The van der Waals surface area contributed by atoms with E-state index in [1.165, 1.54) is 43.4 Å². The summed E-state index contributed by atoms with van der Waals surface area (Å²) in [5.41, 5.74) is 1.73. The molecule has 0 aliphatic rings. The van der Waals surface area contributed by atoms with Crippen LogP contribution in [-0.4, -0.2) is 36.4 Å². The molecule has 3 aromatic carbocycles. The van der Waals surface area contributed by atoms with Crippen LogP contribution in [0.15, 0.2) is 89.3 Å². The largest absolute Gasteiger partial charge is 0.437 e. The molecule has 7 nitrogen and oxygen atoms in total. The Labute approximate surface area is 249 Å². The van der Waals surface area contributed by atoms with Gasteiger partial charge in [-0.05, 0) is 47.5 Å². The maximum atomic E-state index is 13.6. The minimum Gasteiger partial charge on any atom is -0.437 e. The van der Waals surface area contributed by atoms with Crippen LogP contribution in [0.4, 0.5) is 23.4 Å². The number of hydrogen-bond acceptors (Lipinski definition) is 6. The highest BCUT2D eigenvalue weighted by Crippen LogP contribution is 2.38. The summed E-state index contributed by atoms with van der Waals surface area (Å²) in [4.78, 5) is 30.6. The molecule has 0 saturated carbocycles. The minimum absolute atomic E-state index is 0.0529. The van der Waals surface area contributed by atoms with E-state index in [9.17, 15) is 32.4 Å². The molecule has 0 fully saturated rings. The lowest BCUT2D eigenvalue weighted by molar-refractivity contribution is -0.115. The van der Waals surface area contributed by atoms with Gasteiger partial charge in [0, 0.05) is 30.2 Å². The number of furan rings is 1. The lowest BCUT2D eigenvalue weighted by atomic mass is 9.91. The van der Waals surface area contributed by atoms with Crippen molar-refractivity contribution in [2.75, 3.05) is 18.9 Å². The fraction of sp³-hybridized carbons (Fsp3) is 0.152. The minimum atomic E-state index is -4.58. The van der Waals surface area contributed by atoms with Crippen LogP contribution in [0.3, 0.4) is 0 Å². The topological polar surface area (TPSA) is 108 Å². The number of nitrogens with zero attached hydrogens (tertiary/aromatic N) is 2. The quantitative estimate of drug-likeness (QED) is 0.134. The summed E-state index contributed by atoms with van der Waals surface area (Å²) in [6.07, 6.45) is -4.69. The van der Waals surface area contributed by atoms with E-state index < -0.39 is 30.4 Å². The third-order valence-corrected chi connectivity index (χ3v) is 6.94. The molecule has 0 spiro atoms. The van der Waals surface area contributed by atoms with Crippen molar-refractivity contribution >= 4 is 28.6 Å². The van der Waals surface area contributed by atoms with Gasteiger partial charge in [0.1, 0.15) is 23.9 Å². The summed E-state index contributed by atoms with van der Waals surface area (Å²) in [6.45, 7) is -1.41. The predicted molar refractivity (Wildman–Crippen MR) is 157 cm³/mol. The monoisotopic (exact) mass is 600 g/mol. The van der Waals surface area contributed by atoms with Crippen molar-refractivity contribution in [2.24, 2.45) is 0 Å². The third kappa shape index (κ3) is 6.44. The molecule has 5 rings (SSSR count). The molecular formula is C33H24F4N4O3. The second-order valence-electron chi connectivity index (χ2n) is 9.90. The maximum absolute atomic E-state index is 13.6. The van der Waals surface area contributed by atoms with Crippen molar-refractivity contribution < 1.29 is 31.6 Å². The Bertz CT molecular complexity index is 1880. The molecule has 5 aromatic rings. The number of ketones is 1. The zero-order valence-corrected chi connectivity index (χ0v) is 23.2. The van der Waals surface area contributed by atoms with E-state index in [0.717, 1.165) is 0 Å². The number of nitrogens with one attached hydrogen (secondary N) is 2. The number of halogens is 4. The van der Waals surface area contributed by atoms with Crippen molar-refractivity contribution in [2.45, 2.75) is 18.5 Å². The average Bonchev–Trinajstić information content (AvgIpc) is 3.40. The Kier molecular flexibility index (Phi) is 8.44. The highest BCUT2D eigenvalue weighted by molar-refractivity contribution is 6.11. The van der Waals surface area contributed by atoms with Gasteiger partial charge in [-0.15, -0.1) is 0 Å². The summed E-state index contributed by atoms with van der Waals surface area (Å²) in [6, 6.07) is 23.9. The van der Waals surface area contributed by atoms with Crippen LogP contribution < -0.4 is 10.6 Å². The fourth-order valence-corrected chi connectivity index (χ4v) is 4.80. The van der Waals surface area contributed by atoms with Gasteiger partial charge in [-0.2, -0.15) is 23.4 Å². The molecule has 0 aliphatic heterocycles. The maximum Gasteiger partial charge on any atom is 0.405 e. The normalized spacial score (nSPS) is 12.0. The lowest BCUT2D eigenvalue weighted by Gasteiger charge is -2.14. The van der Waals surface area contributed by atoms with Crippen molar-refractivity contribution in [1.82, 2.24) is 10.3 Å². The van der Waals surface area contributed by atoms with Crippen LogP contribution in [0.1, 0.15) is 38.6 Å². The van der Waals surface area contributed by atoms with Gasteiger partial charge in [0.2, 0.25) is 5.71 Å². The van der Waals surface area contributed by atoms with Gasteiger partial charge in [-0.3, -0.25) is 9.59 Å².